The third-order valence-electron chi connectivity index (χ3n) is 1.95. The lowest BCUT2D eigenvalue weighted by Crippen LogP contribution is -2.14. The zero-order chi connectivity index (χ0) is 11.5. The van der Waals surface area contributed by atoms with Crippen molar-refractivity contribution >= 4 is 5.97 Å². The van der Waals surface area contributed by atoms with Gasteiger partial charge >= 0.3 is 5.97 Å². The van der Waals surface area contributed by atoms with Crippen molar-refractivity contribution in [3.63, 3.8) is 0 Å². The number of nitrogens with zero attached hydrogens (tertiary/aromatic N) is 3. The number of carbonyl (C=O) groups excluding carboxylic acids is 1. The number of esters is 1. The van der Waals surface area contributed by atoms with E-state index >= 15 is 0 Å². The average molecular weight is 211 g/mol. The quantitative estimate of drug-likeness (QED) is 0.154. The van der Waals surface area contributed by atoms with Crippen LogP contribution in [0.15, 0.2) is 17.8 Å². The maximum atomic E-state index is 11.3. The van der Waals surface area contributed by atoms with Gasteiger partial charge in [0.2, 0.25) is 0 Å². The fourth-order valence-corrected chi connectivity index (χ4v) is 1.08. The molecule has 84 valence electrons. The van der Waals surface area contributed by atoms with Crippen LogP contribution in [0.4, 0.5) is 0 Å². The number of hydrogen-bond donors (Lipinski definition) is 0. The highest BCUT2D eigenvalue weighted by Gasteiger charge is 2.12. The number of unbranched alkanes of at least 4 members (excludes halogenated alkanes) is 1. The first-order valence-corrected chi connectivity index (χ1v) is 5.00. The summed E-state index contributed by atoms with van der Waals surface area (Å²) in [5.41, 5.74) is 8.03. The Hall–Kier alpha value is -1.48. The van der Waals surface area contributed by atoms with Crippen molar-refractivity contribution in [1.29, 1.82) is 0 Å². The van der Waals surface area contributed by atoms with Crippen LogP contribution in [0.2, 0.25) is 0 Å². The largest absolute Gasteiger partial charge is 0.461 e. The molecule has 5 heteroatoms. The van der Waals surface area contributed by atoms with Crippen LogP contribution < -0.4 is 0 Å². The summed E-state index contributed by atoms with van der Waals surface area (Å²) in [7, 11) is 0. The number of hydrogen-bond acceptors (Lipinski definition) is 3. The maximum Gasteiger partial charge on any atom is 0.308 e. The van der Waals surface area contributed by atoms with E-state index in [0.717, 1.165) is 19.3 Å². The van der Waals surface area contributed by atoms with E-state index in [0.29, 0.717) is 6.54 Å². The zero-order valence-corrected chi connectivity index (χ0v) is 9.06. The van der Waals surface area contributed by atoms with Crippen molar-refractivity contribution in [2.75, 3.05) is 13.2 Å². The summed E-state index contributed by atoms with van der Waals surface area (Å²) in [6.45, 7) is 6.05. The molecule has 0 aromatic heterocycles. The Morgan fingerprint density at radius 1 is 1.67 bits per heavy atom. The molecular weight excluding hydrogens is 194 g/mol. The van der Waals surface area contributed by atoms with Gasteiger partial charge in [0.05, 0.1) is 5.92 Å². The second-order valence-electron chi connectivity index (χ2n) is 3.27. The van der Waals surface area contributed by atoms with Crippen LogP contribution in [0.1, 0.15) is 26.2 Å². The Kier molecular flexibility index (Phi) is 8.19. The van der Waals surface area contributed by atoms with E-state index in [1.165, 1.54) is 0 Å². The van der Waals surface area contributed by atoms with Crippen molar-refractivity contribution in [2.24, 2.45) is 11.0 Å². The highest BCUT2D eigenvalue weighted by atomic mass is 16.5. The topological polar surface area (TPSA) is 75.1 Å². The summed E-state index contributed by atoms with van der Waals surface area (Å²) >= 11 is 0. The Bertz CT molecular complexity index is 247. The molecule has 0 saturated carbocycles. The fraction of sp³-hybridized carbons (Fsp3) is 0.700. The first-order valence-electron chi connectivity index (χ1n) is 5.00. The van der Waals surface area contributed by atoms with Crippen LogP contribution in [-0.2, 0) is 9.53 Å². The van der Waals surface area contributed by atoms with E-state index in [1.54, 1.807) is 6.08 Å². The molecule has 0 aliphatic heterocycles. The van der Waals surface area contributed by atoms with Crippen LogP contribution in [0.5, 0.6) is 0 Å². The number of rotatable bonds is 8. The molecule has 0 fully saturated rings. The lowest BCUT2D eigenvalue weighted by Gasteiger charge is -2.09. The van der Waals surface area contributed by atoms with Crippen molar-refractivity contribution in [3.05, 3.63) is 23.1 Å². The third-order valence-corrected chi connectivity index (χ3v) is 1.95. The lowest BCUT2D eigenvalue weighted by molar-refractivity contribution is -0.146. The molecule has 5 nitrogen and oxygen atoms in total. The molecule has 15 heavy (non-hydrogen) atoms. The minimum Gasteiger partial charge on any atom is -0.461 e. The number of azide groups is 1. The molecule has 0 aromatic rings. The molecule has 0 heterocycles. The summed E-state index contributed by atoms with van der Waals surface area (Å²) in [4.78, 5) is 13.9. The van der Waals surface area contributed by atoms with E-state index in [-0.39, 0.29) is 18.5 Å². The second-order valence-corrected chi connectivity index (χ2v) is 3.27. The molecule has 1 atom stereocenters. The van der Waals surface area contributed by atoms with Crippen molar-refractivity contribution in [1.82, 2.24) is 0 Å². The van der Waals surface area contributed by atoms with Crippen LogP contribution in [-0.4, -0.2) is 19.1 Å². The van der Waals surface area contributed by atoms with E-state index in [1.807, 2.05) is 6.92 Å². The molecule has 0 bridgehead atoms. The highest BCUT2D eigenvalue weighted by molar-refractivity contribution is 5.71. The molecule has 0 amide bonds. The van der Waals surface area contributed by atoms with Gasteiger partial charge in [0, 0.05) is 11.5 Å². The third kappa shape index (κ3) is 7.58. The van der Waals surface area contributed by atoms with Gasteiger partial charge in [-0.05, 0) is 18.4 Å². The van der Waals surface area contributed by atoms with E-state index in [4.69, 9.17) is 10.3 Å². The first kappa shape index (κ1) is 13.5. The Balaban J connectivity index is 3.54. The smallest absolute Gasteiger partial charge is 0.308 e. The van der Waals surface area contributed by atoms with Gasteiger partial charge < -0.3 is 4.74 Å². The molecule has 0 radical (unpaired) electrons. The molecule has 0 N–H and O–H groups in total. The van der Waals surface area contributed by atoms with Gasteiger partial charge in [-0.3, -0.25) is 4.79 Å². The summed E-state index contributed by atoms with van der Waals surface area (Å²) < 4.78 is 4.89. The second kappa shape index (κ2) is 9.09. The number of carbonyl (C=O) groups is 1. The van der Waals surface area contributed by atoms with E-state index in [9.17, 15) is 4.79 Å². The Morgan fingerprint density at radius 2 is 2.40 bits per heavy atom. The normalized spacial score (nSPS) is 11.3. The molecule has 0 unspecified atom stereocenters. The summed E-state index contributed by atoms with van der Waals surface area (Å²) in [5.74, 6) is -0.297. The van der Waals surface area contributed by atoms with Crippen molar-refractivity contribution < 1.29 is 9.53 Å². The van der Waals surface area contributed by atoms with Gasteiger partial charge in [0.1, 0.15) is 6.61 Å². The molecule has 0 rings (SSSR count). The molecular formula is C10H17N3O2. The fourth-order valence-electron chi connectivity index (χ4n) is 1.08. The molecule has 0 saturated heterocycles. The minimum absolute atomic E-state index is 0.101. The van der Waals surface area contributed by atoms with Crippen LogP contribution in [0.3, 0.4) is 0 Å². The average Bonchev–Trinajstić information content (AvgIpc) is 2.25. The van der Waals surface area contributed by atoms with Crippen molar-refractivity contribution in [2.45, 2.75) is 26.2 Å². The maximum absolute atomic E-state index is 11.3. The summed E-state index contributed by atoms with van der Waals surface area (Å²) in [6, 6.07) is 0. The highest BCUT2D eigenvalue weighted by Crippen LogP contribution is 2.09. The Morgan fingerprint density at radius 3 is 3.00 bits per heavy atom. The monoisotopic (exact) mass is 211 g/mol. The number of ether oxygens (including phenoxy) is 1. The molecule has 0 aromatic carbocycles. The SMILES string of the molecule is C=CCOC(=O)[C@@H](C)CCCCN=[N+]=[N-]. The summed E-state index contributed by atoms with van der Waals surface area (Å²) in [5, 5.41) is 3.41. The predicted molar refractivity (Wildman–Crippen MR) is 58.2 cm³/mol. The van der Waals surface area contributed by atoms with Gasteiger partial charge in [0.15, 0.2) is 0 Å². The molecule has 0 spiro atoms. The first-order chi connectivity index (χ1) is 7.22. The van der Waals surface area contributed by atoms with Gasteiger partial charge in [-0.15, -0.1) is 0 Å². The van der Waals surface area contributed by atoms with E-state index in [2.05, 4.69) is 16.6 Å². The minimum atomic E-state index is -0.196. The van der Waals surface area contributed by atoms with E-state index < -0.39 is 0 Å². The zero-order valence-electron chi connectivity index (χ0n) is 9.06. The molecule has 0 aliphatic rings. The van der Waals surface area contributed by atoms with Crippen LogP contribution in [0.25, 0.3) is 10.4 Å². The van der Waals surface area contributed by atoms with Crippen LogP contribution >= 0.6 is 0 Å². The standard InChI is InChI=1S/C10H17N3O2/c1-3-8-15-10(14)9(2)6-4-5-7-12-13-11/h3,9H,1,4-8H2,2H3/t9-/m0/s1. The van der Waals surface area contributed by atoms with Crippen molar-refractivity contribution in [3.8, 4) is 0 Å². The van der Waals surface area contributed by atoms with Gasteiger partial charge in [-0.2, -0.15) is 0 Å². The molecule has 0 aliphatic carbocycles. The van der Waals surface area contributed by atoms with Gasteiger partial charge in [-0.25, -0.2) is 0 Å². The summed E-state index contributed by atoms with van der Waals surface area (Å²) in [6.07, 6.45) is 3.98. The van der Waals surface area contributed by atoms with Gasteiger partial charge in [0.25, 0.3) is 0 Å². The van der Waals surface area contributed by atoms with Crippen LogP contribution in [0, 0.1) is 5.92 Å². The Labute approximate surface area is 89.7 Å². The lowest BCUT2D eigenvalue weighted by atomic mass is 10.0. The predicted octanol–water partition coefficient (Wildman–Crippen LogP) is 2.83. The van der Waals surface area contributed by atoms with Gasteiger partial charge in [-0.1, -0.05) is 31.1 Å².